The van der Waals surface area contributed by atoms with E-state index in [-0.39, 0.29) is 5.91 Å². The Morgan fingerprint density at radius 3 is 2.24 bits per heavy atom. The summed E-state index contributed by atoms with van der Waals surface area (Å²) in [6, 6.07) is 9.57. The minimum atomic E-state index is -4.40. The Bertz CT molecular complexity index is 823. The number of ether oxygens (including phenoxy) is 2. The topological polar surface area (TPSA) is 50.8 Å². The van der Waals surface area contributed by atoms with Gasteiger partial charge in [-0.15, -0.1) is 0 Å². The Balaban J connectivity index is 1.92. The van der Waals surface area contributed by atoms with Crippen molar-refractivity contribution in [2.45, 2.75) is 25.6 Å². The number of hydrogen-bond donors (Lipinski definition) is 1. The van der Waals surface area contributed by atoms with Crippen molar-refractivity contribution >= 4 is 11.6 Å². The fourth-order valence-electron chi connectivity index (χ4n) is 2.72. The van der Waals surface area contributed by atoms with Crippen LogP contribution in [0.1, 0.15) is 18.1 Å². The molecule has 29 heavy (non-hydrogen) atoms. The maximum atomic E-state index is 12.6. The largest absolute Gasteiger partial charge is 0.493 e. The third-order valence-corrected chi connectivity index (χ3v) is 4.72. The number of hydrogen-bond acceptors (Lipinski definition) is 4. The van der Waals surface area contributed by atoms with Crippen LogP contribution in [0.25, 0.3) is 0 Å². The van der Waals surface area contributed by atoms with Crippen molar-refractivity contribution in [1.29, 1.82) is 0 Å². The summed E-state index contributed by atoms with van der Waals surface area (Å²) < 4.78 is 48.4. The van der Waals surface area contributed by atoms with Crippen LogP contribution in [0.5, 0.6) is 11.5 Å². The van der Waals surface area contributed by atoms with E-state index < -0.39 is 17.8 Å². The molecule has 8 heteroatoms. The molecule has 0 aliphatic carbocycles. The maximum absolute atomic E-state index is 12.6. The second-order valence-electron chi connectivity index (χ2n) is 6.66. The SMILES string of the molecule is COc1ccc(CCN(C)[C@@H](C)C(=O)Nc2ccc(C(F)(F)F)cc2)cc1OC. The van der Waals surface area contributed by atoms with Gasteiger partial charge in [0, 0.05) is 12.2 Å². The van der Waals surface area contributed by atoms with Crippen molar-refractivity contribution in [3.63, 3.8) is 0 Å². The van der Waals surface area contributed by atoms with Gasteiger partial charge in [0.25, 0.3) is 0 Å². The molecule has 5 nitrogen and oxygen atoms in total. The van der Waals surface area contributed by atoms with Crippen molar-refractivity contribution in [2.24, 2.45) is 0 Å². The first-order valence-electron chi connectivity index (χ1n) is 9.05. The molecule has 0 saturated heterocycles. The molecule has 2 aromatic rings. The van der Waals surface area contributed by atoms with Crippen LogP contribution in [0, 0.1) is 0 Å². The monoisotopic (exact) mass is 410 g/mol. The summed E-state index contributed by atoms with van der Waals surface area (Å²) in [6.07, 6.45) is -3.71. The smallest absolute Gasteiger partial charge is 0.416 e. The number of halogens is 3. The van der Waals surface area contributed by atoms with E-state index in [9.17, 15) is 18.0 Å². The van der Waals surface area contributed by atoms with Gasteiger partial charge in [0.1, 0.15) is 0 Å². The first-order valence-corrected chi connectivity index (χ1v) is 9.05. The first-order chi connectivity index (χ1) is 13.7. The highest BCUT2D eigenvalue weighted by Gasteiger charge is 2.30. The van der Waals surface area contributed by atoms with Crippen LogP contribution in [0.15, 0.2) is 42.5 Å². The van der Waals surface area contributed by atoms with E-state index in [0.29, 0.717) is 30.2 Å². The highest BCUT2D eigenvalue weighted by molar-refractivity contribution is 5.94. The average Bonchev–Trinajstić information content (AvgIpc) is 2.70. The molecule has 0 bridgehead atoms. The molecule has 0 spiro atoms. The molecule has 0 aliphatic heterocycles. The standard InChI is InChI=1S/C21H25F3N2O3/c1-14(20(27)25-17-8-6-16(7-9-17)21(22,23)24)26(2)12-11-15-5-10-18(28-3)19(13-15)29-4/h5-10,13-14H,11-12H2,1-4H3,(H,25,27)/t14-/m0/s1. The van der Waals surface area contributed by atoms with Gasteiger partial charge in [-0.25, -0.2) is 0 Å². The van der Waals surface area contributed by atoms with Gasteiger partial charge < -0.3 is 14.8 Å². The van der Waals surface area contributed by atoms with Crippen LogP contribution in [-0.4, -0.2) is 44.7 Å². The lowest BCUT2D eigenvalue weighted by molar-refractivity contribution is -0.137. The molecule has 158 valence electrons. The fraction of sp³-hybridized carbons (Fsp3) is 0.381. The van der Waals surface area contributed by atoms with Gasteiger partial charge in [0.05, 0.1) is 25.8 Å². The summed E-state index contributed by atoms with van der Waals surface area (Å²) in [5.74, 6) is 0.995. The zero-order valence-electron chi connectivity index (χ0n) is 16.8. The summed E-state index contributed by atoms with van der Waals surface area (Å²) in [6.45, 7) is 2.35. The molecule has 0 aromatic heterocycles. The van der Waals surface area contributed by atoms with E-state index in [0.717, 1.165) is 17.7 Å². The van der Waals surface area contributed by atoms with Crippen LogP contribution in [0.2, 0.25) is 0 Å². The summed E-state index contributed by atoms with van der Waals surface area (Å²) in [5, 5.41) is 2.65. The Morgan fingerprint density at radius 2 is 1.69 bits per heavy atom. The van der Waals surface area contributed by atoms with Crippen LogP contribution in [-0.2, 0) is 17.4 Å². The molecule has 0 aliphatic rings. The van der Waals surface area contributed by atoms with Gasteiger partial charge in [-0.05, 0) is 62.4 Å². The van der Waals surface area contributed by atoms with Crippen molar-refractivity contribution in [3.8, 4) is 11.5 Å². The zero-order chi connectivity index (χ0) is 21.6. The molecule has 0 heterocycles. The molecule has 1 amide bonds. The highest BCUT2D eigenvalue weighted by Crippen LogP contribution is 2.30. The molecule has 0 saturated carbocycles. The van der Waals surface area contributed by atoms with Crippen LogP contribution in [0.4, 0.5) is 18.9 Å². The highest BCUT2D eigenvalue weighted by atomic mass is 19.4. The van der Waals surface area contributed by atoms with E-state index >= 15 is 0 Å². The van der Waals surface area contributed by atoms with Gasteiger partial charge in [0.2, 0.25) is 5.91 Å². The van der Waals surface area contributed by atoms with Crippen molar-refractivity contribution in [2.75, 3.05) is 33.1 Å². The van der Waals surface area contributed by atoms with Gasteiger partial charge in [0.15, 0.2) is 11.5 Å². The normalized spacial score (nSPS) is 12.6. The van der Waals surface area contributed by atoms with Gasteiger partial charge >= 0.3 is 6.18 Å². The summed E-state index contributed by atoms with van der Waals surface area (Å²) in [7, 11) is 4.96. The fourth-order valence-corrected chi connectivity index (χ4v) is 2.72. The molecule has 2 aromatic carbocycles. The number of carbonyl (C=O) groups is 1. The van der Waals surface area contributed by atoms with Crippen molar-refractivity contribution in [3.05, 3.63) is 53.6 Å². The number of carbonyl (C=O) groups excluding carboxylic acids is 1. The molecule has 0 fully saturated rings. The summed E-state index contributed by atoms with van der Waals surface area (Å²) >= 11 is 0. The van der Waals surface area contributed by atoms with E-state index in [1.807, 2.05) is 30.1 Å². The number of nitrogens with zero attached hydrogens (tertiary/aromatic N) is 1. The Morgan fingerprint density at radius 1 is 1.07 bits per heavy atom. The van der Waals surface area contributed by atoms with E-state index in [2.05, 4.69) is 5.32 Å². The van der Waals surface area contributed by atoms with Crippen molar-refractivity contribution < 1.29 is 27.4 Å². The predicted octanol–water partition coefficient (Wildman–Crippen LogP) is 4.22. The number of methoxy groups -OCH3 is 2. The van der Waals surface area contributed by atoms with Gasteiger partial charge in [-0.3, -0.25) is 9.69 Å². The minimum Gasteiger partial charge on any atom is -0.493 e. The Kier molecular flexibility index (Phi) is 7.50. The van der Waals surface area contributed by atoms with Crippen molar-refractivity contribution in [1.82, 2.24) is 4.90 Å². The second-order valence-corrected chi connectivity index (χ2v) is 6.66. The number of likely N-dealkylation sites (N-methyl/N-ethyl adjacent to an activating group) is 1. The summed E-state index contributed by atoms with van der Waals surface area (Å²) in [4.78, 5) is 14.3. The van der Waals surface area contributed by atoms with Crippen LogP contribution < -0.4 is 14.8 Å². The molecule has 1 N–H and O–H groups in total. The van der Waals surface area contributed by atoms with Crippen LogP contribution >= 0.6 is 0 Å². The summed E-state index contributed by atoms with van der Waals surface area (Å²) in [5.41, 5.74) is 0.601. The lowest BCUT2D eigenvalue weighted by Crippen LogP contribution is -2.40. The second kappa shape index (κ2) is 9.65. The Hall–Kier alpha value is -2.74. The van der Waals surface area contributed by atoms with Gasteiger partial charge in [-0.2, -0.15) is 13.2 Å². The van der Waals surface area contributed by atoms with E-state index in [1.54, 1.807) is 21.1 Å². The molecular weight excluding hydrogens is 385 g/mol. The molecule has 0 radical (unpaired) electrons. The number of alkyl halides is 3. The van der Waals surface area contributed by atoms with Gasteiger partial charge in [-0.1, -0.05) is 6.07 Å². The molecule has 0 unspecified atom stereocenters. The van der Waals surface area contributed by atoms with E-state index in [1.165, 1.54) is 12.1 Å². The van der Waals surface area contributed by atoms with Crippen LogP contribution in [0.3, 0.4) is 0 Å². The first kappa shape index (κ1) is 22.5. The maximum Gasteiger partial charge on any atom is 0.416 e. The number of nitrogens with one attached hydrogen (secondary N) is 1. The predicted molar refractivity (Wildman–Crippen MR) is 105 cm³/mol. The minimum absolute atomic E-state index is 0.292. The number of amides is 1. The molecular formula is C21H25F3N2O3. The molecule has 1 atom stereocenters. The number of rotatable bonds is 8. The third kappa shape index (κ3) is 6.12. The van der Waals surface area contributed by atoms with E-state index in [4.69, 9.17) is 9.47 Å². The zero-order valence-corrected chi connectivity index (χ0v) is 16.8. The molecule has 2 rings (SSSR count). The average molecular weight is 410 g/mol. The number of benzene rings is 2. The lowest BCUT2D eigenvalue weighted by Gasteiger charge is -2.24. The number of anilines is 1. The quantitative estimate of drug-likeness (QED) is 0.708. The Labute approximate surface area is 168 Å². The third-order valence-electron chi connectivity index (χ3n) is 4.72. The lowest BCUT2D eigenvalue weighted by atomic mass is 10.1.